The summed E-state index contributed by atoms with van der Waals surface area (Å²) in [5, 5.41) is 0. The quantitative estimate of drug-likeness (QED) is 0.492. The van der Waals surface area contributed by atoms with Crippen molar-refractivity contribution in [1.82, 2.24) is 9.55 Å². The van der Waals surface area contributed by atoms with Crippen LogP contribution in [0, 0.1) is 0 Å². The molecule has 33 heavy (non-hydrogen) atoms. The number of hydrogen-bond acceptors (Lipinski definition) is 5. The molecule has 3 heterocycles. The van der Waals surface area contributed by atoms with Crippen LogP contribution in [0.4, 0.5) is 0 Å². The molecule has 2 aliphatic heterocycles. The molecule has 1 atom stereocenters. The molecular formula is C27H30N2O4. The average molecular weight is 447 g/mol. The molecule has 0 N–H and O–H groups in total. The third-order valence-electron chi connectivity index (χ3n) is 6.36. The van der Waals surface area contributed by atoms with Crippen molar-refractivity contribution in [2.75, 3.05) is 26.4 Å². The van der Waals surface area contributed by atoms with E-state index in [9.17, 15) is 4.79 Å². The summed E-state index contributed by atoms with van der Waals surface area (Å²) >= 11 is 0. The van der Waals surface area contributed by atoms with Crippen molar-refractivity contribution in [3.05, 3.63) is 81.8 Å². The van der Waals surface area contributed by atoms with Crippen LogP contribution in [0.5, 0.6) is 5.88 Å². The summed E-state index contributed by atoms with van der Waals surface area (Å²) in [4.78, 5) is 16.7. The Balaban J connectivity index is 1.25. The predicted molar refractivity (Wildman–Crippen MR) is 127 cm³/mol. The second-order valence-corrected chi connectivity index (χ2v) is 8.73. The zero-order valence-corrected chi connectivity index (χ0v) is 18.9. The largest absolute Gasteiger partial charge is 0.475 e. The fraction of sp³-hybridized carbons (Fsp3) is 0.407. The summed E-state index contributed by atoms with van der Waals surface area (Å²) in [5.41, 5.74) is 5.76. The maximum Gasteiger partial charge on any atom is 0.351 e. The van der Waals surface area contributed by atoms with E-state index in [2.05, 4.69) is 53.5 Å². The molecule has 6 heteroatoms. The van der Waals surface area contributed by atoms with E-state index in [4.69, 9.17) is 14.2 Å². The average Bonchev–Trinajstić information content (AvgIpc) is 2.86. The highest BCUT2D eigenvalue weighted by Gasteiger charge is 2.21. The van der Waals surface area contributed by atoms with Gasteiger partial charge in [0.15, 0.2) is 0 Å². The van der Waals surface area contributed by atoms with Crippen LogP contribution in [0.2, 0.25) is 0 Å². The minimum atomic E-state index is -0.265. The summed E-state index contributed by atoms with van der Waals surface area (Å²) in [6, 6.07) is 19.2. The van der Waals surface area contributed by atoms with Crippen molar-refractivity contribution in [2.24, 2.45) is 0 Å². The van der Waals surface area contributed by atoms with Crippen LogP contribution in [0.25, 0.3) is 11.3 Å². The van der Waals surface area contributed by atoms with Crippen LogP contribution in [-0.2, 0) is 35.3 Å². The maximum atomic E-state index is 12.6. The third-order valence-corrected chi connectivity index (χ3v) is 6.36. The molecule has 2 aliphatic rings. The molecule has 3 aromatic rings. The van der Waals surface area contributed by atoms with Gasteiger partial charge in [0.05, 0.1) is 25.5 Å². The van der Waals surface area contributed by atoms with E-state index in [1.165, 1.54) is 29.5 Å². The molecule has 0 unspecified atom stereocenters. The first-order valence-corrected chi connectivity index (χ1v) is 11.9. The first-order chi connectivity index (χ1) is 16.3. The Morgan fingerprint density at radius 3 is 2.67 bits per heavy atom. The molecule has 2 aromatic carbocycles. The maximum absolute atomic E-state index is 12.6. The topological polar surface area (TPSA) is 62.6 Å². The van der Waals surface area contributed by atoms with Gasteiger partial charge in [-0.3, -0.25) is 4.57 Å². The molecule has 0 saturated carbocycles. The Morgan fingerprint density at radius 1 is 1.00 bits per heavy atom. The van der Waals surface area contributed by atoms with Gasteiger partial charge in [0.1, 0.15) is 12.7 Å². The number of hydrogen-bond donors (Lipinski definition) is 0. The number of fused-ring (bicyclic) bond motifs is 3. The monoisotopic (exact) mass is 446 g/mol. The molecule has 1 aromatic heterocycles. The van der Waals surface area contributed by atoms with E-state index in [1.54, 1.807) is 4.57 Å². The molecule has 0 bridgehead atoms. The second-order valence-electron chi connectivity index (χ2n) is 8.73. The third kappa shape index (κ3) is 5.34. The van der Waals surface area contributed by atoms with Gasteiger partial charge < -0.3 is 14.2 Å². The van der Waals surface area contributed by atoms with E-state index in [-0.39, 0.29) is 11.8 Å². The van der Waals surface area contributed by atoms with Crippen molar-refractivity contribution in [3.63, 3.8) is 0 Å². The van der Waals surface area contributed by atoms with Gasteiger partial charge in [-0.1, -0.05) is 48.5 Å². The van der Waals surface area contributed by atoms with Crippen molar-refractivity contribution >= 4 is 0 Å². The summed E-state index contributed by atoms with van der Waals surface area (Å²) < 4.78 is 18.6. The molecule has 0 amide bonds. The van der Waals surface area contributed by atoms with Crippen molar-refractivity contribution in [1.29, 1.82) is 0 Å². The highest BCUT2D eigenvalue weighted by Crippen LogP contribution is 2.31. The zero-order valence-electron chi connectivity index (χ0n) is 18.9. The lowest BCUT2D eigenvalue weighted by molar-refractivity contribution is -0.102. The van der Waals surface area contributed by atoms with Gasteiger partial charge in [0, 0.05) is 18.2 Å². The smallest absolute Gasteiger partial charge is 0.351 e. The van der Waals surface area contributed by atoms with Crippen molar-refractivity contribution in [2.45, 2.75) is 44.8 Å². The SMILES string of the molecule is O=c1nc(OC[C@@H]2COCCO2)cc2n1CCc1cc(CCCCc3ccccc3)ccc1-2. The molecule has 1 fully saturated rings. The van der Waals surface area contributed by atoms with Crippen LogP contribution >= 0.6 is 0 Å². The Hall–Kier alpha value is -2.96. The lowest BCUT2D eigenvalue weighted by Crippen LogP contribution is -2.34. The van der Waals surface area contributed by atoms with E-state index >= 15 is 0 Å². The second kappa shape index (κ2) is 10.3. The minimum Gasteiger partial charge on any atom is -0.475 e. The standard InChI is InChI=1S/C27H30N2O4/c30-27-28-26(33-19-23-18-31-14-15-32-23)17-25-24-11-10-21(16-22(24)12-13-29(25)27)9-5-4-8-20-6-2-1-3-7-20/h1-3,6-7,10-11,16-17,23H,4-5,8-9,12-15,18-19H2/t23-/m0/s1. The highest BCUT2D eigenvalue weighted by atomic mass is 16.6. The van der Waals surface area contributed by atoms with E-state index in [0.717, 1.165) is 30.5 Å². The minimum absolute atomic E-state index is 0.129. The number of unbranched alkanes of at least 4 members (excludes halogenated alkanes) is 1. The molecule has 172 valence electrons. The predicted octanol–water partition coefficient (Wildman–Crippen LogP) is 3.83. The van der Waals surface area contributed by atoms with Gasteiger partial charge in [0.2, 0.25) is 5.88 Å². The van der Waals surface area contributed by atoms with E-state index < -0.39 is 0 Å². The lowest BCUT2D eigenvalue weighted by atomic mass is 9.94. The van der Waals surface area contributed by atoms with Crippen LogP contribution in [0.15, 0.2) is 59.4 Å². The molecule has 0 spiro atoms. The van der Waals surface area contributed by atoms with E-state index in [0.29, 0.717) is 38.9 Å². The van der Waals surface area contributed by atoms with Gasteiger partial charge >= 0.3 is 5.69 Å². The van der Waals surface area contributed by atoms with Gasteiger partial charge in [-0.05, 0) is 48.8 Å². The van der Waals surface area contributed by atoms with Crippen molar-refractivity contribution < 1.29 is 14.2 Å². The van der Waals surface area contributed by atoms with E-state index in [1.807, 2.05) is 6.07 Å². The fourth-order valence-corrected chi connectivity index (χ4v) is 4.60. The normalized spacial score (nSPS) is 17.3. The summed E-state index contributed by atoms with van der Waals surface area (Å²) in [5.74, 6) is 0.346. The van der Waals surface area contributed by atoms with Crippen LogP contribution < -0.4 is 10.4 Å². The number of benzene rings is 2. The Morgan fingerprint density at radius 2 is 1.85 bits per heavy atom. The van der Waals surface area contributed by atoms with Crippen LogP contribution in [0.3, 0.4) is 0 Å². The molecule has 5 rings (SSSR count). The van der Waals surface area contributed by atoms with Crippen LogP contribution in [0.1, 0.15) is 29.5 Å². The van der Waals surface area contributed by atoms with Gasteiger partial charge in [-0.15, -0.1) is 0 Å². The van der Waals surface area contributed by atoms with Gasteiger partial charge in [-0.2, -0.15) is 4.98 Å². The first kappa shape index (κ1) is 21.9. The number of aryl methyl sites for hydroxylation is 3. The Kier molecular flexibility index (Phi) is 6.84. The van der Waals surface area contributed by atoms with Gasteiger partial charge in [0.25, 0.3) is 0 Å². The van der Waals surface area contributed by atoms with Crippen molar-refractivity contribution in [3.8, 4) is 17.1 Å². The van der Waals surface area contributed by atoms with Gasteiger partial charge in [-0.25, -0.2) is 4.79 Å². The fourth-order valence-electron chi connectivity index (χ4n) is 4.60. The Bertz CT molecular complexity index is 1140. The molecule has 1 saturated heterocycles. The molecule has 0 aliphatic carbocycles. The summed E-state index contributed by atoms with van der Waals surface area (Å²) in [6.07, 6.45) is 5.25. The highest BCUT2D eigenvalue weighted by molar-refractivity contribution is 5.67. The summed E-state index contributed by atoms with van der Waals surface area (Å²) in [7, 11) is 0. The number of rotatable bonds is 8. The number of nitrogens with zero attached hydrogens (tertiary/aromatic N) is 2. The molecular weight excluding hydrogens is 416 g/mol. The number of ether oxygens (including phenoxy) is 3. The zero-order chi connectivity index (χ0) is 22.5. The molecule has 6 nitrogen and oxygen atoms in total. The lowest BCUT2D eigenvalue weighted by Gasteiger charge is -2.24. The first-order valence-electron chi connectivity index (χ1n) is 11.9. The van der Waals surface area contributed by atoms with Crippen LogP contribution in [-0.4, -0.2) is 42.1 Å². The Labute approximate surface area is 194 Å². The summed E-state index contributed by atoms with van der Waals surface area (Å²) in [6.45, 7) is 2.65. The molecule has 0 radical (unpaired) electrons. The number of aromatic nitrogens is 2.